The van der Waals surface area contributed by atoms with Gasteiger partial charge in [0.15, 0.2) is 6.17 Å². The molecule has 1 aliphatic carbocycles. The van der Waals surface area contributed by atoms with Gasteiger partial charge in [-0.15, -0.1) is 0 Å². The highest BCUT2D eigenvalue weighted by atomic mass is 35.5. The molecule has 200 valence electrons. The van der Waals surface area contributed by atoms with Gasteiger partial charge in [-0.25, -0.2) is 13.2 Å². The van der Waals surface area contributed by atoms with Gasteiger partial charge in [0.1, 0.15) is 0 Å². The lowest BCUT2D eigenvalue weighted by Crippen LogP contribution is -2.65. The minimum atomic E-state index is -4.20. The number of benzene rings is 2. The fraction of sp³-hybridized carbons (Fsp3) is 0.440. The van der Waals surface area contributed by atoms with Gasteiger partial charge in [-0.1, -0.05) is 40.9 Å². The summed E-state index contributed by atoms with van der Waals surface area (Å²) in [5.41, 5.74) is 7.57. The van der Waals surface area contributed by atoms with Gasteiger partial charge < -0.3 is 16.4 Å². The summed E-state index contributed by atoms with van der Waals surface area (Å²) in [6.45, 7) is 2.20. The molecule has 4 rings (SSSR count). The molecule has 9 nitrogen and oxygen atoms in total. The van der Waals surface area contributed by atoms with E-state index in [2.05, 4.69) is 10.6 Å². The summed E-state index contributed by atoms with van der Waals surface area (Å²) in [4.78, 5) is 28.2. The molecule has 12 heteroatoms. The lowest BCUT2D eigenvalue weighted by Gasteiger charge is -2.42. The van der Waals surface area contributed by atoms with E-state index < -0.39 is 28.1 Å². The van der Waals surface area contributed by atoms with Crippen LogP contribution in [0.5, 0.6) is 0 Å². The van der Waals surface area contributed by atoms with Gasteiger partial charge in [0.05, 0.1) is 14.9 Å². The third kappa shape index (κ3) is 6.38. The van der Waals surface area contributed by atoms with Gasteiger partial charge in [0.25, 0.3) is 5.91 Å². The Morgan fingerprint density at radius 2 is 1.65 bits per heavy atom. The van der Waals surface area contributed by atoms with Crippen molar-refractivity contribution in [2.45, 2.75) is 62.2 Å². The fourth-order valence-electron chi connectivity index (χ4n) is 4.68. The molecule has 0 spiro atoms. The first-order valence-electron chi connectivity index (χ1n) is 12.2. The second-order valence-electron chi connectivity index (χ2n) is 9.53. The Morgan fingerprint density at radius 3 is 2.30 bits per heavy atom. The van der Waals surface area contributed by atoms with Crippen LogP contribution >= 0.6 is 23.2 Å². The molecule has 0 aromatic heterocycles. The predicted octanol–water partition coefficient (Wildman–Crippen LogP) is 3.94. The van der Waals surface area contributed by atoms with E-state index in [4.69, 9.17) is 28.9 Å². The van der Waals surface area contributed by atoms with Crippen molar-refractivity contribution in [1.29, 1.82) is 0 Å². The number of urea groups is 1. The fourth-order valence-corrected chi connectivity index (χ4v) is 6.66. The van der Waals surface area contributed by atoms with E-state index in [1.54, 1.807) is 12.1 Å². The number of carbonyl (C=O) groups is 2. The van der Waals surface area contributed by atoms with Crippen LogP contribution in [-0.4, -0.2) is 60.9 Å². The number of aryl methyl sites for hydroxylation is 1. The van der Waals surface area contributed by atoms with Gasteiger partial charge in [-0.2, -0.15) is 4.31 Å². The topological polar surface area (TPSA) is 125 Å². The molecule has 2 fully saturated rings. The summed E-state index contributed by atoms with van der Waals surface area (Å²) < 4.78 is 28.5. The number of rotatable bonds is 5. The molecule has 2 aliphatic rings. The van der Waals surface area contributed by atoms with Crippen molar-refractivity contribution in [3.05, 3.63) is 58.1 Å². The molecule has 3 amide bonds. The first-order valence-corrected chi connectivity index (χ1v) is 14.4. The molecule has 37 heavy (non-hydrogen) atoms. The molecule has 2 aromatic carbocycles. The SMILES string of the molecule is Cc1ccc(NC(=O)N2CCCN(S(=O)(=O)c3ccc(Cl)c(Cl)c3)C2C(=O)NC2CCC(N)CC2)cc1. The molecule has 1 aliphatic heterocycles. The summed E-state index contributed by atoms with van der Waals surface area (Å²) in [5.74, 6) is -0.553. The van der Waals surface area contributed by atoms with Crippen LogP contribution in [-0.2, 0) is 14.8 Å². The summed E-state index contributed by atoms with van der Waals surface area (Å²) >= 11 is 12.1. The second-order valence-corrected chi connectivity index (χ2v) is 12.2. The Labute approximate surface area is 227 Å². The first kappa shape index (κ1) is 27.7. The molecule has 1 saturated heterocycles. The van der Waals surface area contributed by atoms with Crippen molar-refractivity contribution in [3.63, 3.8) is 0 Å². The molecular weight excluding hydrogens is 537 g/mol. The molecule has 1 heterocycles. The number of hydrogen-bond donors (Lipinski definition) is 3. The van der Waals surface area contributed by atoms with Crippen molar-refractivity contribution < 1.29 is 18.0 Å². The number of anilines is 1. The number of sulfonamides is 1. The van der Waals surface area contributed by atoms with Crippen LogP contribution in [0.1, 0.15) is 37.7 Å². The minimum Gasteiger partial charge on any atom is -0.350 e. The Kier molecular flexibility index (Phi) is 8.65. The molecular formula is C25H31Cl2N5O4S. The zero-order chi connectivity index (χ0) is 26.7. The van der Waals surface area contributed by atoms with Crippen LogP contribution < -0.4 is 16.4 Å². The van der Waals surface area contributed by atoms with Gasteiger partial charge in [-0.05, 0) is 69.4 Å². The highest BCUT2D eigenvalue weighted by molar-refractivity contribution is 7.89. The van der Waals surface area contributed by atoms with E-state index in [1.165, 1.54) is 23.1 Å². The van der Waals surface area contributed by atoms with Crippen LogP contribution in [0, 0.1) is 6.92 Å². The maximum absolute atomic E-state index is 13.7. The third-order valence-electron chi connectivity index (χ3n) is 6.76. The largest absolute Gasteiger partial charge is 0.350 e. The summed E-state index contributed by atoms with van der Waals surface area (Å²) in [5, 5.41) is 6.05. The Morgan fingerprint density at radius 1 is 0.973 bits per heavy atom. The number of hydrogen-bond acceptors (Lipinski definition) is 5. The number of nitrogens with two attached hydrogens (primary N) is 1. The Bertz CT molecular complexity index is 1250. The van der Waals surface area contributed by atoms with Crippen LogP contribution in [0.25, 0.3) is 0 Å². The van der Waals surface area contributed by atoms with E-state index in [9.17, 15) is 18.0 Å². The summed E-state index contributed by atoms with van der Waals surface area (Å²) in [7, 11) is -4.20. The number of nitrogens with one attached hydrogen (secondary N) is 2. The molecule has 2 aromatic rings. The molecule has 1 atom stereocenters. The number of carbonyl (C=O) groups excluding carboxylic acids is 2. The van der Waals surface area contributed by atoms with Crippen LogP contribution in [0.3, 0.4) is 0 Å². The monoisotopic (exact) mass is 567 g/mol. The van der Waals surface area contributed by atoms with Crippen LogP contribution in [0.4, 0.5) is 10.5 Å². The number of halogens is 2. The predicted molar refractivity (Wildman–Crippen MR) is 144 cm³/mol. The average Bonchev–Trinajstić information content (AvgIpc) is 2.87. The number of nitrogens with zero attached hydrogens (tertiary/aromatic N) is 2. The summed E-state index contributed by atoms with van der Waals surface area (Å²) in [6.07, 6.45) is 1.87. The van der Waals surface area contributed by atoms with Gasteiger partial charge in [0.2, 0.25) is 10.0 Å². The molecule has 4 N–H and O–H groups in total. The van der Waals surface area contributed by atoms with Crippen LogP contribution in [0.15, 0.2) is 47.4 Å². The molecule has 1 saturated carbocycles. The van der Waals surface area contributed by atoms with Crippen molar-refractivity contribution in [2.24, 2.45) is 5.73 Å². The van der Waals surface area contributed by atoms with Crippen molar-refractivity contribution in [3.8, 4) is 0 Å². The van der Waals surface area contributed by atoms with E-state index in [0.29, 0.717) is 24.9 Å². The standard InChI is InChI=1S/C25H31Cl2N5O4S/c1-16-3-7-19(8-4-16)30-25(34)31-13-2-14-32(37(35,36)20-11-12-21(26)22(27)15-20)24(31)23(33)29-18-9-5-17(28)6-10-18/h3-4,7-8,11-12,15,17-18,24H,2,5-6,9-10,13-14,28H2,1H3,(H,29,33)(H,30,34). The lowest BCUT2D eigenvalue weighted by atomic mass is 9.92. The normalized spacial score (nSPS) is 22.9. The second kappa shape index (κ2) is 11.6. The highest BCUT2D eigenvalue weighted by Crippen LogP contribution is 2.30. The molecule has 1 unspecified atom stereocenters. The quantitative estimate of drug-likeness (QED) is 0.504. The van der Waals surface area contributed by atoms with E-state index in [-0.39, 0.29) is 40.1 Å². The van der Waals surface area contributed by atoms with Gasteiger partial charge in [-0.3, -0.25) is 9.69 Å². The van der Waals surface area contributed by atoms with Crippen molar-refractivity contribution >= 4 is 50.9 Å². The average molecular weight is 569 g/mol. The van der Waals surface area contributed by atoms with Crippen molar-refractivity contribution in [2.75, 3.05) is 18.4 Å². The van der Waals surface area contributed by atoms with E-state index in [1.807, 2.05) is 19.1 Å². The maximum atomic E-state index is 13.7. The van der Waals surface area contributed by atoms with Crippen molar-refractivity contribution in [1.82, 2.24) is 14.5 Å². The Hall–Kier alpha value is -2.37. The van der Waals surface area contributed by atoms with E-state index >= 15 is 0 Å². The zero-order valence-corrected chi connectivity index (χ0v) is 22.8. The highest BCUT2D eigenvalue weighted by Gasteiger charge is 2.45. The van der Waals surface area contributed by atoms with E-state index in [0.717, 1.165) is 22.7 Å². The van der Waals surface area contributed by atoms with Gasteiger partial charge in [0, 0.05) is 30.9 Å². The maximum Gasteiger partial charge on any atom is 0.323 e. The minimum absolute atomic E-state index is 0.0600. The van der Waals surface area contributed by atoms with Crippen LogP contribution in [0.2, 0.25) is 10.0 Å². The van der Waals surface area contributed by atoms with Gasteiger partial charge >= 0.3 is 6.03 Å². The third-order valence-corrected chi connectivity index (χ3v) is 9.35. The zero-order valence-electron chi connectivity index (χ0n) is 20.5. The smallest absolute Gasteiger partial charge is 0.323 e. The first-order chi connectivity index (χ1) is 17.6. The molecule has 0 radical (unpaired) electrons. The molecule has 0 bridgehead atoms. The Balaban J connectivity index is 1.65. The summed E-state index contributed by atoms with van der Waals surface area (Å²) in [6, 6.07) is 10.6. The lowest BCUT2D eigenvalue weighted by molar-refractivity contribution is -0.131. The number of amides is 3.